The molecule has 0 aliphatic carbocycles. The average Bonchev–Trinajstić information content (AvgIpc) is 2.64. The van der Waals surface area contributed by atoms with E-state index in [1.54, 1.807) is 13.0 Å². The zero-order valence-corrected chi connectivity index (χ0v) is 10.3. The van der Waals surface area contributed by atoms with Gasteiger partial charge >= 0.3 is 0 Å². The minimum absolute atomic E-state index is 0.152. The molecule has 0 saturated carbocycles. The van der Waals surface area contributed by atoms with Crippen molar-refractivity contribution in [3.63, 3.8) is 0 Å². The third-order valence-corrected chi connectivity index (χ3v) is 2.51. The minimum atomic E-state index is -0.289. The summed E-state index contributed by atoms with van der Waals surface area (Å²) in [4.78, 5) is 26.8. The second-order valence-electron chi connectivity index (χ2n) is 3.09. The van der Waals surface area contributed by atoms with E-state index in [1.165, 1.54) is 18.9 Å². The number of rotatable bonds is 6. The van der Waals surface area contributed by atoms with Crippen LogP contribution in [0.25, 0.3) is 0 Å². The Morgan fingerprint density at radius 1 is 1.47 bits per heavy atom. The predicted octanol–water partition coefficient (Wildman–Crippen LogP) is 0.332. The van der Waals surface area contributed by atoms with Gasteiger partial charge in [0.05, 0.1) is 18.6 Å². The summed E-state index contributed by atoms with van der Waals surface area (Å²) >= 11 is 1.17. The number of amides is 2. The molecule has 17 heavy (non-hydrogen) atoms. The second kappa shape index (κ2) is 6.92. The van der Waals surface area contributed by atoms with Crippen molar-refractivity contribution in [1.82, 2.24) is 10.6 Å². The topological polar surface area (TPSA) is 93.5 Å². The Kier molecular flexibility index (Phi) is 5.50. The van der Waals surface area contributed by atoms with Crippen LogP contribution in [0.3, 0.4) is 0 Å². The first-order valence-electron chi connectivity index (χ1n) is 4.74. The highest BCUT2D eigenvalue weighted by atomic mass is 32.2. The average molecular weight is 259 g/mol. The summed E-state index contributed by atoms with van der Waals surface area (Å²) in [6, 6.07) is 1.61. The van der Waals surface area contributed by atoms with E-state index in [9.17, 15) is 9.59 Å². The van der Waals surface area contributed by atoms with Gasteiger partial charge < -0.3 is 9.84 Å². The van der Waals surface area contributed by atoms with Crippen LogP contribution in [0.5, 0.6) is 0 Å². The first-order chi connectivity index (χ1) is 8.11. The highest BCUT2D eigenvalue weighted by Crippen LogP contribution is 2.08. The SMILES string of the molecule is CONC(=O)CSCC(=O)Nc1cc(C)on1. The van der Waals surface area contributed by atoms with E-state index in [-0.39, 0.29) is 23.3 Å². The molecule has 0 aliphatic heterocycles. The normalized spacial score (nSPS) is 10.0. The summed E-state index contributed by atoms with van der Waals surface area (Å²) in [5.74, 6) is 0.764. The molecular weight excluding hydrogens is 246 g/mol. The molecule has 0 radical (unpaired) electrons. The van der Waals surface area contributed by atoms with Crippen LogP contribution in [0.15, 0.2) is 10.6 Å². The Bertz CT molecular complexity index is 393. The van der Waals surface area contributed by atoms with Gasteiger partial charge in [-0.15, -0.1) is 11.8 Å². The Labute approximate surface area is 102 Å². The molecular formula is C9H13N3O4S. The summed E-state index contributed by atoms with van der Waals surface area (Å²) in [5, 5.41) is 6.15. The molecule has 0 bridgehead atoms. The zero-order chi connectivity index (χ0) is 12.7. The molecule has 7 nitrogen and oxygen atoms in total. The van der Waals surface area contributed by atoms with Gasteiger partial charge in [-0.3, -0.25) is 14.4 Å². The molecule has 1 heterocycles. The van der Waals surface area contributed by atoms with Crippen LogP contribution in [0.2, 0.25) is 0 Å². The van der Waals surface area contributed by atoms with Gasteiger partial charge in [0.15, 0.2) is 5.82 Å². The van der Waals surface area contributed by atoms with Gasteiger partial charge in [-0.2, -0.15) is 0 Å². The number of hydroxylamine groups is 1. The number of hydrogen-bond acceptors (Lipinski definition) is 6. The Hall–Kier alpha value is -1.54. The maximum atomic E-state index is 11.4. The highest BCUT2D eigenvalue weighted by Gasteiger charge is 2.07. The lowest BCUT2D eigenvalue weighted by atomic mass is 10.5. The molecule has 0 unspecified atom stereocenters. The summed E-state index contributed by atoms with van der Waals surface area (Å²) in [7, 11) is 1.35. The van der Waals surface area contributed by atoms with Crippen molar-refractivity contribution in [2.75, 3.05) is 23.9 Å². The van der Waals surface area contributed by atoms with Crippen LogP contribution in [0.1, 0.15) is 5.76 Å². The maximum absolute atomic E-state index is 11.4. The maximum Gasteiger partial charge on any atom is 0.253 e. The number of nitrogens with one attached hydrogen (secondary N) is 2. The molecule has 1 rings (SSSR count). The third kappa shape index (κ3) is 5.36. The van der Waals surface area contributed by atoms with Crippen molar-refractivity contribution in [1.29, 1.82) is 0 Å². The second-order valence-corrected chi connectivity index (χ2v) is 4.08. The van der Waals surface area contributed by atoms with Crippen LogP contribution >= 0.6 is 11.8 Å². The fourth-order valence-corrected chi connectivity index (χ4v) is 1.59. The van der Waals surface area contributed by atoms with E-state index in [1.807, 2.05) is 0 Å². The Balaban J connectivity index is 2.19. The van der Waals surface area contributed by atoms with E-state index < -0.39 is 0 Å². The fraction of sp³-hybridized carbons (Fsp3) is 0.444. The van der Waals surface area contributed by atoms with E-state index >= 15 is 0 Å². The van der Waals surface area contributed by atoms with E-state index in [0.717, 1.165) is 0 Å². The molecule has 1 aromatic rings. The third-order valence-electron chi connectivity index (χ3n) is 1.58. The summed E-state index contributed by atoms with van der Waals surface area (Å²) < 4.78 is 4.79. The summed E-state index contributed by atoms with van der Waals surface area (Å²) in [6.07, 6.45) is 0. The van der Waals surface area contributed by atoms with Crippen molar-refractivity contribution in [2.45, 2.75) is 6.92 Å². The molecule has 0 aromatic carbocycles. The van der Waals surface area contributed by atoms with Crippen molar-refractivity contribution in [3.8, 4) is 0 Å². The molecule has 1 aromatic heterocycles. The first-order valence-corrected chi connectivity index (χ1v) is 5.90. The van der Waals surface area contributed by atoms with Crippen LogP contribution in [-0.2, 0) is 14.4 Å². The molecule has 2 N–H and O–H groups in total. The number of nitrogens with zero attached hydrogens (tertiary/aromatic N) is 1. The number of carbonyl (C=O) groups is 2. The lowest BCUT2D eigenvalue weighted by Gasteiger charge is -2.02. The van der Waals surface area contributed by atoms with Crippen molar-refractivity contribution < 1.29 is 18.9 Å². The molecule has 0 fully saturated rings. The van der Waals surface area contributed by atoms with Crippen LogP contribution in [-0.4, -0.2) is 35.6 Å². The van der Waals surface area contributed by atoms with Crippen LogP contribution in [0.4, 0.5) is 5.82 Å². The minimum Gasteiger partial charge on any atom is -0.360 e. The largest absolute Gasteiger partial charge is 0.360 e. The Morgan fingerprint density at radius 3 is 2.76 bits per heavy atom. The quantitative estimate of drug-likeness (QED) is 0.715. The lowest BCUT2D eigenvalue weighted by molar-refractivity contribution is -0.128. The number of hydrogen-bond donors (Lipinski definition) is 2. The van der Waals surface area contributed by atoms with Gasteiger partial charge in [0, 0.05) is 6.07 Å². The van der Waals surface area contributed by atoms with Gasteiger partial charge in [-0.25, -0.2) is 5.48 Å². The van der Waals surface area contributed by atoms with E-state index in [2.05, 4.69) is 20.8 Å². The standard InChI is InChI=1S/C9H13N3O4S/c1-6-3-7(11-16-6)10-8(13)4-17-5-9(14)12-15-2/h3H,4-5H2,1-2H3,(H,12,14)(H,10,11,13). The number of thioether (sulfide) groups is 1. The fourth-order valence-electron chi connectivity index (χ4n) is 0.984. The molecule has 94 valence electrons. The lowest BCUT2D eigenvalue weighted by Crippen LogP contribution is -2.24. The van der Waals surface area contributed by atoms with Gasteiger partial charge in [0.25, 0.3) is 5.91 Å². The Morgan fingerprint density at radius 2 is 2.18 bits per heavy atom. The molecule has 0 saturated heterocycles. The zero-order valence-electron chi connectivity index (χ0n) is 9.48. The van der Waals surface area contributed by atoms with Crippen molar-refractivity contribution >= 4 is 29.4 Å². The predicted molar refractivity (Wildman–Crippen MR) is 62.3 cm³/mol. The van der Waals surface area contributed by atoms with Gasteiger partial charge in [-0.05, 0) is 6.92 Å². The number of carbonyl (C=O) groups excluding carboxylic acids is 2. The molecule has 2 amide bonds. The monoisotopic (exact) mass is 259 g/mol. The van der Waals surface area contributed by atoms with Gasteiger partial charge in [0.2, 0.25) is 5.91 Å². The molecule has 0 spiro atoms. The summed E-state index contributed by atoms with van der Waals surface area (Å²) in [5.41, 5.74) is 2.15. The van der Waals surface area contributed by atoms with Crippen molar-refractivity contribution in [3.05, 3.63) is 11.8 Å². The smallest absolute Gasteiger partial charge is 0.253 e. The number of aromatic nitrogens is 1. The molecule has 8 heteroatoms. The van der Waals surface area contributed by atoms with Crippen LogP contribution in [0, 0.1) is 6.92 Å². The summed E-state index contributed by atoms with van der Waals surface area (Å²) in [6.45, 7) is 1.73. The van der Waals surface area contributed by atoms with Gasteiger partial charge in [0.1, 0.15) is 5.76 Å². The van der Waals surface area contributed by atoms with E-state index in [0.29, 0.717) is 11.6 Å². The number of anilines is 1. The number of aryl methyl sites for hydroxylation is 1. The van der Waals surface area contributed by atoms with E-state index in [4.69, 9.17) is 4.52 Å². The first kappa shape index (κ1) is 13.5. The molecule has 0 atom stereocenters. The molecule has 0 aliphatic rings. The van der Waals surface area contributed by atoms with Crippen LogP contribution < -0.4 is 10.8 Å². The van der Waals surface area contributed by atoms with Crippen molar-refractivity contribution in [2.24, 2.45) is 0 Å². The van der Waals surface area contributed by atoms with Gasteiger partial charge in [-0.1, -0.05) is 5.16 Å². The highest BCUT2D eigenvalue weighted by molar-refractivity contribution is 8.00.